The lowest BCUT2D eigenvalue weighted by Crippen LogP contribution is -2.05. The van der Waals surface area contributed by atoms with E-state index in [1.165, 1.54) is 295 Å². The first kappa shape index (κ1) is 54.5. The van der Waals surface area contributed by atoms with Crippen LogP contribution in [0.4, 0.5) is 0 Å². The van der Waals surface area contributed by atoms with Gasteiger partial charge in [-0.25, -0.2) is 0 Å². The Kier molecular flexibility index (Phi) is 51.0. The maximum atomic E-state index is 12.1. The number of carbonyl (C=O) groups excluding carboxylic acids is 1. The summed E-state index contributed by atoms with van der Waals surface area (Å²) >= 11 is 0. The van der Waals surface area contributed by atoms with Crippen LogP contribution in [0.15, 0.2) is 0 Å². The summed E-state index contributed by atoms with van der Waals surface area (Å²) in [5.74, 6) is 0.0350. The van der Waals surface area contributed by atoms with Crippen LogP contribution in [0.1, 0.15) is 328 Å². The summed E-state index contributed by atoms with van der Waals surface area (Å²) in [7, 11) is 0. The van der Waals surface area contributed by atoms with Crippen LogP contribution < -0.4 is 0 Å². The molecule has 330 valence electrons. The minimum Gasteiger partial charge on any atom is -0.466 e. The van der Waals surface area contributed by atoms with Crippen LogP contribution in [0, 0.1) is 0 Å². The Morgan fingerprint density at radius 3 is 0.600 bits per heavy atom. The number of hydrogen-bond donors (Lipinski definition) is 0. The fourth-order valence-corrected chi connectivity index (χ4v) is 8.55. The van der Waals surface area contributed by atoms with Gasteiger partial charge in [0.15, 0.2) is 0 Å². The fourth-order valence-electron chi connectivity index (χ4n) is 8.55. The van der Waals surface area contributed by atoms with Gasteiger partial charge in [-0.05, 0) is 12.8 Å². The van der Waals surface area contributed by atoms with E-state index in [4.69, 9.17) is 4.74 Å². The number of unbranched alkanes of at least 4 members (excludes halogenated alkanes) is 46. The Morgan fingerprint density at radius 2 is 0.400 bits per heavy atom. The molecule has 0 unspecified atom stereocenters. The van der Waals surface area contributed by atoms with Crippen molar-refractivity contribution in [3.05, 3.63) is 0 Å². The minimum absolute atomic E-state index is 0.0350. The van der Waals surface area contributed by atoms with Crippen LogP contribution in [0.3, 0.4) is 0 Å². The van der Waals surface area contributed by atoms with Gasteiger partial charge in [-0.2, -0.15) is 0 Å². The smallest absolute Gasteiger partial charge is 0.305 e. The van der Waals surface area contributed by atoms with Gasteiger partial charge < -0.3 is 4.74 Å². The zero-order valence-electron chi connectivity index (χ0n) is 38.7. The molecule has 55 heavy (non-hydrogen) atoms. The van der Waals surface area contributed by atoms with Gasteiger partial charge in [-0.3, -0.25) is 4.79 Å². The molecule has 0 fully saturated rings. The summed E-state index contributed by atoms with van der Waals surface area (Å²) in [6.45, 7) is 5.24. The van der Waals surface area contributed by atoms with Gasteiger partial charge in [-0.15, -0.1) is 0 Å². The molecular formula is C53H106O2. The summed E-state index contributed by atoms with van der Waals surface area (Å²) < 4.78 is 5.50. The normalized spacial score (nSPS) is 11.5. The second-order valence-electron chi connectivity index (χ2n) is 18.2. The van der Waals surface area contributed by atoms with Crippen molar-refractivity contribution in [1.29, 1.82) is 0 Å². The monoisotopic (exact) mass is 775 g/mol. The molecule has 2 heteroatoms. The third kappa shape index (κ3) is 51.5. The van der Waals surface area contributed by atoms with Crippen molar-refractivity contribution in [1.82, 2.24) is 0 Å². The highest BCUT2D eigenvalue weighted by Crippen LogP contribution is 2.18. The molecule has 0 spiro atoms. The van der Waals surface area contributed by atoms with Crippen LogP contribution in [0.25, 0.3) is 0 Å². The van der Waals surface area contributed by atoms with E-state index in [1.54, 1.807) is 0 Å². The average Bonchev–Trinajstić information content (AvgIpc) is 3.19. The lowest BCUT2D eigenvalue weighted by atomic mass is 10.0. The van der Waals surface area contributed by atoms with E-state index >= 15 is 0 Å². The van der Waals surface area contributed by atoms with E-state index in [0.717, 1.165) is 12.8 Å². The van der Waals surface area contributed by atoms with Crippen LogP contribution in [-0.2, 0) is 9.53 Å². The van der Waals surface area contributed by atoms with Crippen LogP contribution in [0.2, 0.25) is 0 Å². The predicted molar refractivity (Wildman–Crippen MR) is 249 cm³/mol. The largest absolute Gasteiger partial charge is 0.466 e. The number of ether oxygens (including phenoxy) is 1. The Hall–Kier alpha value is -0.530. The zero-order valence-corrected chi connectivity index (χ0v) is 38.7. The molecule has 0 amide bonds. The number of esters is 1. The second kappa shape index (κ2) is 51.5. The molecule has 0 aromatic heterocycles. The van der Waals surface area contributed by atoms with Crippen LogP contribution >= 0.6 is 0 Å². The minimum atomic E-state index is 0.0350. The maximum Gasteiger partial charge on any atom is 0.305 e. The third-order valence-corrected chi connectivity index (χ3v) is 12.5. The van der Waals surface area contributed by atoms with Gasteiger partial charge in [0, 0.05) is 6.42 Å². The van der Waals surface area contributed by atoms with Gasteiger partial charge in [0.05, 0.1) is 6.61 Å². The van der Waals surface area contributed by atoms with E-state index in [1.807, 2.05) is 0 Å². The Balaban J connectivity index is 3.14. The summed E-state index contributed by atoms with van der Waals surface area (Å²) in [6.07, 6.45) is 68.3. The predicted octanol–water partition coefficient (Wildman–Crippen LogP) is 19.7. The van der Waals surface area contributed by atoms with Crippen molar-refractivity contribution in [3.63, 3.8) is 0 Å². The van der Waals surface area contributed by atoms with Crippen molar-refractivity contribution < 1.29 is 9.53 Å². The summed E-state index contributed by atoms with van der Waals surface area (Å²) in [5, 5.41) is 0. The van der Waals surface area contributed by atoms with Crippen LogP contribution in [0.5, 0.6) is 0 Å². The van der Waals surface area contributed by atoms with E-state index in [9.17, 15) is 4.79 Å². The highest BCUT2D eigenvalue weighted by molar-refractivity contribution is 5.69. The molecule has 0 N–H and O–H groups in total. The standard InChI is InChI=1S/C53H106O2/c1-3-5-7-9-11-13-15-17-19-21-23-25-26-27-28-29-30-31-33-35-37-39-41-43-45-47-49-51-53(54)55-52-50-48-46-44-42-40-38-36-34-32-24-22-20-18-16-14-12-10-8-6-4-2/h3-52H2,1-2H3. The SMILES string of the molecule is CCCCCCCCCCCCCCCCCCCCCCCCCCCCCC(=O)OCCCCCCCCCCCCCCCCCCCCCCC. The van der Waals surface area contributed by atoms with Gasteiger partial charge >= 0.3 is 5.97 Å². The molecule has 0 heterocycles. The van der Waals surface area contributed by atoms with E-state index in [0.29, 0.717) is 13.0 Å². The molecule has 0 aromatic carbocycles. The third-order valence-electron chi connectivity index (χ3n) is 12.5. The Labute approximate surface area is 349 Å². The van der Waals surface area contributed by atoms with Crippen molar-refractivity contribution >= 4 is 5.97 Å². The molecule has 0 atom stereocenters. The highest BCUT2D eigenvalue weighted by Gasteiger charge is 2.03. The van der Waals surface area contributed by atoms with E-state index in [2.05, 4.69) is 13.8 Å². The van der Waals surface area contributed by atoms with E-state index in [-0.39, 0.29) is 5.97 Å². The van der Waals surface area contributed by atoms with Crippen molar-refractivity contribution in [3.8, 4) is 0 Å². The Morgan fingerprint density at radius 1 is 0.236 bits per heavy atom. The summed E-state index contributed by atoms with van der Waals surface area (Å²) in [6, 6.07) is 0. The first-order valence-electron chi connectivity index (χ1n) is 26.5. The summed E-state index contributed by atoms with van der Waals surface area (Å²) in [5.41, 5.74) is 0. The molecule has 0 aliphatic heterocycles. The van der Waals surface area contributed by atoms with Gasteiger partial charge in [0.1, 0.15) is 0 Å². The van der Waals surface area contributed by atoms with Gasteiger partial charge in [-0.1, -0.05) is 309 Å². The maximum absolute atomic E-state index is 12.1. The first-order valence-corrected chi connectivity index (χ1v) is 26.5. The fraction of sp³-hybridized carbons (Fsp3) is 0.981. The molecule has 0 aliphatic rings. The molecule has 0 aliphatic carbocycles. The molecule has 0 saturated carbocycles. The molecular weight excluding hydrogens is 669 g/mol. The molecule has 0 saturated heterocycles. The zero-order chi connectivity index (χ0) is 39.6. The first-order chi connectivity index (χ1) is 27.3. The Bertz CT molecular complexity index is 673. The number of hydrogen-bond acceptors (Lipinski definition) is 2. The second-order valence-corrected chi connectivity index (χ2v) is 18.2. The van der Waals surface area contributed by atoms with E-state index < -0.39 is 0 Å². The van der Waals surface area contributed by atoms with Crippen molar-refractivity contribution in [2.75, 3.05) is 6.61 Å². The quantitative estimate of drug-likeness (QED) is 0.0454. The van der Waals surface area contributed by atoms with Crippen molar-refractivity contribution in [2.24, 2.45) is 0 Å². The lowest BCUT2D eigenvalue weighted by molar-refractivity contribution is -0.143. The van der Waals surface area contributed by atoms with Crippen LogP contribution in [-0.4, -0.2) is 12.6 Å². The molecule has 0 radical (unpaired) electrons. The lowest BCUT2D eigenvalue weighted by Gasteiger charge is -2.06. The number of carbonyl (C=O) groups is 1. The molecule has 0 bridgehead atoms. The molecule has 0 aromatic rings. The van der Waals surface area contributed by atoms with Crippen molar-refractivity contribution in [2.45, 2.75) is 328 Å². The summed E-state index contributed by atoms with van der Waals surface area (Å²) in [4.78, 5) is 12.1. The van der Waals surface area contributed by atoms with Gasteiger partial charge in [0.25, 0.3) is 0 Å². The topological polar surface area (TPSA) is 26.3 Å². The molecule has 2 nitrogen and oxygen atoms in total. The van der Waals surface area contributed by atoms with Gasteiger partial charge in [0.2, 0.25) is 0 Å². The number of rotatable bonds is 50. The molecule has 0 rings (SSSR count). The highest BCUT2D eigenvalue weighted by atomic mass is 16.5. The average molecular weight is 775 g/mol.